The Bertz CT molecular complexity index is 1700. The molecular weight excluding hydrogens is 454 g/mol. The van der Waals surface area contributed by atoms with Gasteiger partial charge in [0.1, 0.15) is 5.82 Å². The molecule has 0 atom stereocenters. The van der Waals surface area contributed by atoms with E-state index in [0.717, 1.165) is 50.2 Å². The number of imidazole rings is 1. The third-order valence-electron chi connectivity index (χ3n) is 6.38. The quantitative estimate of drug-likeness (QED) is 0.291. The van der Waals surface area contributed by atoms with Crippen molar-refractivity contribution in [1.29, 1.82) is 0 Å². The van der Waals surface area contributed by atoms with Crippen LogP contribution in [0.1, 0.15) is 31.8 Å². The molecule has 2 heterocycles. The van der Waals surface area contributed by atoms with Crippen molar-refractivity contribution in [1.82, 2.24) is 9.97 Å². The van der Waals surface area contributed by atoms with Crippen LogP contribution in [-0.4, -0.2) is 37.8 Å². The number of benzene rings is 4. The first kappa shape index (κ1) is 21.5. The average Bonchev–Trinajstić information content (AvgIpc) is 3.52. The molecule has 4 aromatic carbocycles. The maximum Gasteiger partial charge on any atom is 0.335 e. The number of carbonyl (C=O) groups is 2. The molecule has 0 fully saturated rings. The minimum Gasteiger partial charge on any atom is -0.478 e. The largest absolute Gasteiger partial charge is 0.478 e. The Morgan fingerprint density at radius 3 is 1.94 bits per heavy atom. The summed E-state index contributed by atoms with van der Waals surface area (Å²) >= 11 is 0. The summed E-state index contributed by atoms with van der Waals surface area (Å²) in [4.78, 5) is 35.0. The van der Waals surface area contributed by atoms with E-state index in [1.165, 1.54) is 0 Å². The summed E-state index contributed by atoms with van der Waals surface area (Å²) in [5, 5.41) is 18.2. The third-order valence-corrected chi connectivity index (χ3v) is 6.38. The van der Waals surface area contributed by atoms with Gasteiger partial charge in [-0.2, -0.15) is 0 Å². The van der Waals surface area contributed by atoms with Gasteiger partial charge in [-0.3, -0.25) is 4.99 Å². The van der Waals surface area contributed by atoms with E-state index in [2.05, 4.69) is 28.2 Å². The van der Waals surface area contributed by atoms with Crippen LogP contribution in [0, 0.1) is 0 Å². The van der Waals surface area contributed by atoms with Crippen molar-refractivity contribution in [3.05, 3.63) is 107 Å². The molecule has 0 saturated carbocycles. The van der Waals surface area contributed by atoms with Crippen molar-refractivity contribution in [3.8, 4) is 22.5 Å². The molecule has 174 valence electrons. The van der Waals surface area contributed by atoms with Gasteiger partial charge in [-0.25, -0.2) is 14.6 Å². The van der Waals surface area contributed by atoms with Crippen molar-refractivity contribution >= 4 is 34.4 Å². The zero-order valence-corrected chi connectivity index (χ0v) is 18.9. The first-order chi connectivity index (χ1) is 17.4. The van der Waals surface area contributed by atoms with Gasteiger partial charge < -0.3 is 15.2 Å². The summed E-state index contributed by atoms with van der Waals surface area (Å²) in [7, 11) is 0. The number of aromatic nitrogens is 2. The Morgan fingerprint density at radius 2 is 1.28 bits per heavy atom. The summed E-state index contributed by atoms with van der Waals surface area (Å²) in [5.74, 6) is -1.23. The molecule has 7 heteroatoms. The third kappa shape index (κ3) is 3.82. The number of carboxylic acids is 2. The van der Waals surface area contributed by atoms with Crippen LogP contribution >= 0.6 is 0 Å². The number of hydrogen-bond acceptors (Lipinski definition) is 4. The van der Waals surface area contributed by atoms with Crippen LogP contribution in [0.3, 0.4) is 0 Å². The van der Waals surface area contributed by atoms with Crippen LogP contribution in [0.25, 0.3) is 33.5 Å². The first-order valence-electron chi connectivity index (χ1n) is 11.3. The predicted octanol–water partition coefficient (Wildman–Crippen LogP) is 5.97. The van der Waals surface area contributed by atoms with Crippen LogP contribution in [0.15, 0.2) is 89.9 Å². The number of hydrogen-bond donors (Lipinski definition) is 3. The molecule has 7 nitrogen and oxygen atoms in total. The van der Waals surface area contributed by atoms with Crippen molar-refractivity contribution in [2.24, 2.45) is 4.99 Å². The fourth-order valence-electron chi connectivity index (χ4n) is 4.43. The number of nitrogens with one attached hydrogen (secondary N) is 1. The molecule has 0 spiro atoms. The number of aliphatic imine (C=N–C) groups is 1. The lowest BCUT2D eigenvalue weighted by Crippen LogP contribution is -2.02. The molecule has 0 unspecified atom stereocenters. The molecule has 1 aromatic heterocycles. The van der Waals surface area contributed by atoms with Gasteiger partial charge in [-0.05, 0) is 64.7 Å². The summed E-state index contributed by atoms with van der Waals surface area (Å²) in [5.41, 5.74) is 8.94. The van der Waals surface area contributed by atoms with Crippen molar-refractivity contribution in [3.63, 3.8) is 0 Å². The van der Waals surface area contributed by atoms with Gasteiger partial charge in [0.15, 0.2) is 0 Å². The Kier molecular flexibility index (Phi) is 4.97. The highest BCUT2D eigenvalue weighted by atomic mass is 16.4. The molecule has 0 saturated heterocycles. The second-order valence-electron chi connectivity index (χ2n) is 8.66. The van der Waals surface area contributed by atoms with Gasteiger partial charge in [-0.15, -0.1) is 0 Å². The minimum absolute atomic E-state index is 0.233. The smallest absolute Gasteiger partial charge is 0.335 e. The van der Waals surface area contributed by atoms with E-state index in [-0.39, 0.29) is 11.1 Å². The highest BCUT2D eigenvalue weighted by Crippen LogP contribution is 2.34. The van der Waals surface area contributed by atoms with E-state index in [1.807, 2.05) is 18.2 Å². The van der Waals surface area contributed by atoms with E-state index in [9.17, 15) is 9.59 Å². The standard InChI is InChI=1S/C29H19N3O4/c33-28(34)18-5-1-16(2-6-18)24-15-22-10-9-20(13-25(22)30-24)21-11-12-23-26(14-21)32-27(31-23)17-3-7-19(8-4-17)29(35)36/h1-14H,15H2,(H,31,32)(H,33,34)(H,35,36). The Hall–Kier alpha value is -5.04. The molecule has 5 aromatic rings. The minimum atomic E-state index is -0.960. The van der Waals surface area contributed by atoms with Crippen LogP contribution < -0.4 is 0 Å². The highest BCUT2D eigenvalue weighted by molar-refractivity contribution is 6.07. The van der Waals surface area contributed by atoms with Gasteiger partial charge in [0, 0.05) is 12.0 Å². The zero-order valence-electron chi connectivity index (χ0n) is 18.9. The Morgan fingerprint density at radius 1 is 0.694 bits per heavy atom. The van der Waals surface area contributed by atoms with Gasteiger partial charge in [0.05, 0.1) is 33.6 Å². The van der Waals surface area contributed by atoms with Crippen molar-refractivity contribution in [2.45, 2.75) is 6.42 Å². The van der Waals surface area contributed by atoms with E-state index < -0.39 is 11.9 Å². The molecule has 1 aliphatic rings. The fraction of sp³-hybridized carbons (Fsp3) is 0.0345. The predicted molar refractivity (Wildman–Crippen MR) is 137 cm³/mol. The Balaban J connectivity index is 1.29. The zero-order chi connectivity index (χ0) is 24.8. The summed E-state index contributed by atoms with van der Waals surface area (Å²) in [6, 6.07) is 25.7. The van der Waals surface area contributed by atoms with Crippen LogP contribution in [0.2, 0.25) is 0 Å². The van der Waals surface area contributed by atoms with Gasteiger partial charge >= 0.3 is 11.9 Å². The number of nitrogens with zero attached hydrogens (tertiary/aromatic N) is 2. The molecule has 1 aliphatic heterocycles. The van der Waals surface area contributed by atoms with Gasteiger partial charge in [0.25, 0.3) is 0 Å². The summed E-state index contributed by atoms with van der Waals surface area (Å²) in [6.07, 6.45) is 0.700. The van der Waals surface area contributed by atoms with E-state index in [4.69, 9.17) is 15.2 Å². The average molecular weight is 473 g/mol. The molecule has 0 radical (unpaired) electrons. The SMILES string of the molecule is O=C(O)c1ccc(C2=Nc3cc(-c4ccc5nc(-c6ccc(C(=O)O)cc6)[nH]c5c4)ccc3C2)cc1. The number of fused-ring (bicyclic) bond motifs is 2. The summed E-state index contributed by atoms with van der Waals surface area (Å²) in [6.45, 7) is 0. The maximum atomic E-state index is 11.1. The molecule has 36 heavy (non-hydrogen) atoms. The highest BCUT2D eigenvalue weighted by Gasteiger charge is 2.18. The lowest BCUT2D eigenvalue weighted by atomic mass is 9.99. The monoisotopic (exact) mass is 473 g/mol. The molecule has 6 rings (SSSR count). The van der Waals surface area contributed by atoms with Crippen molar-refractivity contribution < 1.29 is 19.8 Å². The number of aromatic carboxylic acids is 2. The van der Waals surface area contributed by atoms with Crippen LogP contribution in [0.4, 0.5) is 5.69 Å². The van der Waals surface area contributed by atoms with E-state index >= 15 is 0 Å². The second-order valence-corrected chi connectivity index (χ2v) is 8.66. The lowest BCUT2D eigenvalue weighted by Gasteiger charge is -2.04. The molecule has 3 N–H and O–H groups in total. The molecule has 0 bridgehead atoms. The Labute approximate surface area is 205 Å². The van der Waals surface area contributed by atoms with Gasteiger partial charge in [-0.1, -0.05) is 42.5 Å². The van der Waals surface area contributed by atoms with Crippen LogP contribution in [0.5, 0.6) is 0 Å². The molecular formula is C29H19N3O4. The number of H-pyrrole nitrogens is 1. The lowest BCUT2D eigenvalue weighted by molar-refractivity contribution is 0.0686. The number of carboxylic acid groups (broad SMARTS) is 2. The van der Waals surface area contributed by atoms with Crippen molar-refractivity contribution in [2.75, 3.05) is 0 Å². The van der Waals surface area contributed by atoms with Crippen LogP contribution in [-0.2, 0) is 6.42 Å². The fourth-order valence-corrected chi connectivity index (χ4v) is 4.43. The number of rotatable bonds is 5. The number of aromatic amines is 1. The first-order valence-corrected chi connectivity index (χ1v) is 11.3. The van der Waals surface area contributed by atoms with E-state index in [1.54, 1.807) is 48.5 Å². The normalized spacial score (nSPS) is 12.4. The molecule has 0 aliphatic carbocycles. The summed E-state index contributed by atoms with van der Waals surface area (Å²) < 4.78 is 0. The van der Waals surface area contributed by atoms with E-state index in [0.29, 0.717) is 12.2 Å². The molecule has 0 amide bonds. The maximum absolute atomic E-state index is 11.1. The van der Waals surface area contributed by atoms with Gasteiger partial charge in [0.2, 0.25) is 0 Å². The second kappa shape index (κ2) is 8.32. The topological polar surface area (TPSA) is 116 Å².